The van der Waals surface area contributed by atoms with Crippen molar-refractivity contribution < 1.29 is 0 Å². The molecule has 1 saturated heterocycles. The van der Waals surface area contributed by atoms with Gasteiger partial charge in [-0.05, 0) is 44.2 Å². The topological polar surface area (TPSA) is 53.6 Å². The van der Waals surface area contributed by atoms with Crippen molar-refractivity contribution in [1.29, 1.82) is 0 Å². The number of nitrogens with zero attached hydrogens (tertiary/aromatic N) is 2. The summed E-state index contributed by atoms with van der Waals surface area (Å²) in [6.45, 7) is 8.81. The average molecular weight is 266 g/mol. The Morgan fingerprint density at radius 2 is 2.16 bits per heavy atom. The van der Waals surface area contributed by atoms with Crippen molar-refractivity contribution in [1.82, 2.24) is 10.2 Å². The Morgan fingerprint density at radius 3 is 2.84 bits per heavy atom. The van der Waals surface area contributed by atoms with E-state index in [1.54, 1.807) is 0 Å². The predicted molar refractivity (Wildman–Crippen MR) is 81.3 cm³/mol. The van der Waals surface area contributed by atoms with Gasteiger partial charge in [-0.2, -0.15) is 0 Å². The zero-order chi connectivity index (χ0) is 13.7. The summed E-state index contributed by atoms with van der Waals surface area (Å²) in [5.41, 5.74) is 5.98. The van der Waals surface area contributed by atoms with Crippen LogP contribution < -0.4 is 11.1 Å². The Bertz CT molecular complexity index is 303. The number of guanidine groups is 1. The zero-order valence-corrected chi connectivity index (χ0v) is 12.6. The van der Waals surface area contributed by atoms with Crippen LogP contribution in [0, 0.1) is 11.8 Å². The number of likely N-dealkylation sites (N-methyl/N-ethyl adjacent to an activating group) is 1. The third kappa shape index (κ3) is 4.10. The van der Waals surface area contributed by atoms with Crippen LogP contribution in [0.2, 0.25) is 0 Å². The largest absolute Gasteiger partial charge is 0.370 e. The minimum Gasteiger partial charge on any atom is -0.370 e. The maximum absolute atomic E-state index is 5.98. The molecule has 0 aromatic heterocycles. The van der Waals surface area contributed by atoms with Crippen LogP contribution >= 0.6 is 0 Å². The maximum Gasteiger partial charge on any atom is 0.188 e. The summed E-state index contributed by atoms with van der Waals surface area (Å²) in [4.78, 5) is 7.06. The average Bonchev–Trinajstić information content (AvgIpc) is 3.02. The highest BCUT2D eigenvalue weighted by atomic mass is 15.2. The highest BCUT2D eigenvalue weighted by Crippen LogP contribution is 2.31. The van der Waals surface area contributed by atoms with Crippen LogP contribution in [-0.2, 0) is 0 Å². The first-order chi connectivity index (χ1) is 9.20. The molecule has 2 rings (SSSR count). The van der Waals surface area contributed by atoms with Crippen LogP contribution in [0.25, 0.3) is 0 Å². The molecule has 2 aliphatic rings. The summed E-state index contributed by atoms with van der Waals surface area (Å²) in [6, 6.07) is 0.643. The molecule has 3 unspecified atom stereocenters. The number of likely N-dealkylation sites (tertiary alicyclic amines) is 1. The molecule has 0 aromatic carbocycles. The van der Waals surface area contributed by atoms with E-state index in [2.05, 4.69) is 29.1 Å². The molecular weight excluding hydrogens is 236 g/mol. The van der Waals surface area contributed by atoms with Gasteiger partial charge in [-0.3, -0.25) is 9.89 Å². The van der Waals surface area contributed by atoms with Gasteiger partial charge in [-0.1, -0.05) is 26.7 Å². The molecule has 19 heavy (non-hydrogen) atoms. The monoisotopic (exact) mass is 266 g/mol. The van der Waals surface area contributed by atoms with E-state index in [0.717, 1.165) is 31.5 Å². The second kappa shape index (κ2) is 7.13. The maximum atomic E-state index is 5.98. The van der Waals surface area contributed by atoms with E-state index in [0.29, 0.717) is 12.0 Å². The molecule has 2 fully saturated rings. The number of aliphatic imine (C=N–C) groups is 1. The van der Waals surface area contributed by atoms with Crippen molar-refractivity contribution in [2.24, 2.45) is 22.6 Å². The van der Waals surface area contributed by atoms with Crippen molar-refractivity contribution in [3.05, 3.63) is 0 Å². The standard InChI is InChI=1S/C15H30N4/c1-3-19-9-5-8-14(19)11-18-15(16)17-10-13-7-4-6-12(13)2/h12-14H,3-11H2,1-2H3,(H3,16,17,18). The third-order valence-electron chi connectivity index (χ3n) is 4.96. The predicted octanol–water partition coefficient (Wildman–Crippen LogP) is 1.81. The van der Waals surface area contributed by atoms with Gasteiger partial charge >= 0.3 is 0 Å². The van der Waals surface area contributed by atoms with Gasteiger partial charge in [0, 0.05) is 19.1 Å². The van der Waals surface area contributed by atoms with E-state index in [1.807, 2.05) is 0 Å². The second-order valence-corrected chi connectivity index (χ2v) is 6.20. The van der Waals surface area contributed by atoms with Crippen molar-refractivity contribution in [2.45, 2.75) is 52.0 Å². The Kier molecular flexibility index (Phi) is 5.49. The lowest BCUT2D eigenvalue weighted by Gasteiger charge is -2.23. The van der Waals surface area contributed by atoms with Gasteiger partial charge in [-0.25, -0.2) is 0 Å². The molecule has 4 heteroatoms. The molecule has 1 saturated carbocycles. The highest BCUT2D eigenvalue weighted by Gasteiger charge is 2.24. The van der Waals surface area contributed by atoms with E-state index < -0.39 is 0 Å². The molecule has 4 nitrogen and oxygen atoms in total. The fourth-order valence-electron chi connectivity index (χ4n) is 3.53. The molecule has 1 aliphatic carbocycles. The lowest BCUT2D eigenvalue weighted by atomic mass is 9.99. The summed E-state index contributed by atoms with van der Waals surface area (Å²) in [7, 11) is 0. The van der Waals surface area contributed by atoms with Crippen molar-refractivity contribution in [2.75, 3.05) is 26.2 Å². The molecule has 0 spiro atoms. The van der Waals surface area contributed by atoms with E-state index in [1.165, 1.54) is 38.6 Å². The van der Waals surface area contributed by atoms with Crippen LogP contribution in [0.3, 0.4) is 0 Å². The molecule has 0 amide bonds. The number of nitrogens with two attached hydrogens (primary N) is 1. The van der Waals surface area contributed by atoms with Crippen molar-refractivity contribution in [3.8, 4) is 0 Å². The fraction of sp³-hybridized carbons (Fsp3) is 0.933. The summed E-state index contributed by atoms with van der Waals surface area (Å²) < 4.78 is 0. The van der Waals surface area contributed by atoms with E-state index in [4.69, 9.17) is 5.73 Å². The van der Waals surface area contributed by atoms with Crippen LogP contribution in [0.4, 0.5) is 0 Å². The minimum atomic E-state index is 0.641. The van der Waals surface area contributed by atoms with Gasteiger partial charge < -0.3 is 11.1 Å². The molecule has 0 aromatic rings. The van der Waals surface area contributed by atoms with E-state index in [9.17, 15) is 0 Å². The minimum absolute atomic E-state index is 0.641. The lowest BCUT2D eigenvalue weighted by molar-refractivity contribution is 0.267. The fourth-order valence-corrected chi connectivity index (χ4v) is 3.53. The molecule has 1 heterocycles. The van der Waals surface area contributed by atoms with E-state index in [-0.39, 0.29) is 0 Å². The van der Waals surface area contributed by atoms with Crippen molar-refractivity contribution >= 4 is 5.96 Å². The van der Waals surface area contributed by atoms with Gasteiger partial charge in [0.25, 0.3) is 0 Å². The molecule has 110 valence electrons. The number of nitrogens with one attached hydrogen (secondary N) is 1. The Hall–Kier alpha value is -0.770. The summed E-state index contributed by atoms with van der Waals surface area (Å²) >= 11 is 0. The van der Waals surface area contributed by atoms with Gasteiger partial charge in [0.1, 0.15) is 0 Å². The molecule has 0 bridgehead atoms. The molecule has 0 radical (unpaired) electrons. The van der Waals surface area contributed by atoms with Gasteiger partial charge in [-0.15, -0.1) is 0 Å². The van der Waals surface area contributed by atoms with Gasteiger partial charge in [0.15, 0.2) is 5.96 Å². The van der Waals surface area contributed by atoms with Crippen LogP contribution in [-0.4, -0.2) is 43.1 Å². The Morgan fingerprint density at radius 1 is 1.32 bits per heavy atom. The molecule has 3 N–H and O–H groups in total. The summed E-state index contributed by atoms with van der Waals surface area (Å²) in [5.74, 6) is 2.21. The lowest BCUT2D eigenvalue weighted by Crippen LogP contribution is -2.42. The molecule has 1 aliphatic heterocycles. The first-order valence-electron chi connectivity index (χ1n) is 7.98. The smallest absolute Gasteiger partial charge is 0.188 e. The summed E-state index contributed by atoms with van der Waals surface area (Å²) in [5, 5.41) is 3.31. The first kappa shape index (κ1) is 14.6. The quantitative estimate of drug-likeness (QED) is 0.589. The number of hydrogen-bond acceptors (Lipinski definition) is 2. The normalized spacial score (nSPS) is 32.9. The van der Waals surface area contributed by atoms with Gasteiger partial charge in [0.2, 0.25) is 0 Å². The van der Waals surface area contributed by atoms with Crippen LogP contribution in [0.5, 0.6) is 0 Å². The first-order valence-corrected chi connectivity index (χ1v) is 7.98. The van der Waals surface area contributed by atoms with E-state index >= 15 is 0 Å². The number of hydrogen-bond donors (Lipinski definition) is 2. The molecular formula is C15H30N4. The van der Waals surface area contributed by atoms with Gasteiger partial charge in [0.05, 0.1) is 0 Å². The molecule has 3 atom stereocenters. The van der Waals surface area contributed by atoms with Crippen LogP contribution in [0.1, 0.15) is 46.0 Å². The highest BCUT2D eigenvalue weighted by molar-refractivity contribution is 5.77. The van der Waals surface area contributed by atoms with Crippen LogP contribution in [0.15, 0.2) is 4.99 Å². The SMILES string of the molecule is CCN1CCCC1CNC(N)=NCC1CCCC1C. The third-order valence-corrected chi connectivity index (χ3v) is 4.96. The Labute approximate surface area is 117 Å². The second-order valence-electron chi connectivity index (χ2n) is 6.20. The number of rotatable bonds is 5. The summed E-state index contributed by atoms with van der Waals surface area (Å²) in [6.07, 6.45) is 6.65. The zero-order valence-electron chi connectivity index (χ0n) is 12.6. The van der Waals surface area contributed by atoms with Crippen molar-refractivity contribution in [3.63, 3.8) is 0 Å². The Balaban J connectivity index is 1.70.